The largest absolute Gasteiger partial charge is 0.497 e. The predicted octanol–water partition coefficient (Wildman–Crippen LogP) is 1.46. The number of methoxy groups -OCH3 is 1. The van der Waals surface area contributed by atoms with Gasteiger partial charge in [0.1, 0.15) is 5.75 Å². The number of hydrogen-bond acceptors (Lipinski definition) is 5. The molecule has 0 bridgehead atoms. The van der Waals surface area contributed by atoms with Crippen LogP contribution in [-0.2, 0) is 9.59 Å². The number of piperazine rings is 1. The molecule has 2 saturated heterocycles. The molecular formula is C22H26N4O4. The van der Waals surface area contributed by atoms with Gasteiger partial charge in [-0.3, -0.25) is 19.4 Å². The van der Waals surface area contributed by atoms with E-state index in [1.807, 2.05) is 31.2 Å². The molecule has 0 aliphatic carbocycles. The Hall–Kier alpha value is -3.16. The van der Waals surface area contributed by atoms with E-state index < -0.39 is 11.8 Å². The van der Waals surface area contributed by atoms with Gasteiger partial charge in [-0.05, 0) is 38.0 Å². The zero-order chi connectivity index (χ0) is 21.3. The Kier molecular flexibility index (Phi) is 5.57. The third-order valence-corrected chi connectivity index (χ3v) is 5.88. The topological polar surface area (TPSA) is 83.0 Å². The summed E-state index contributed by atoms with van der Waals surface area (Å²) in [5, 5.41) is 0.870. The maximum absolute atomic E-state index is 13.1. The highest BCUT2D eigenvalue weighted by molar-refractivity contribution is 6.35. The molecule has 0 spiro atoms. The summed E-state index contributed by atoms with van der Waals surface area (Å²) in [6, 6.07) is 7.43. The van der Waals surface area contributed by atoms with Crippen LogP contribution in [0, 0.1) is 6.92 Å². The lowest BCUT2D eigenvalue weighted by Crippen LogP contribution is -2.54. The fourth-order valence-corrected chi connectivity index (χ4v) is 4.06. The minimum Gasteiger partial charge on any atom is -0.497 e. The highest BCUT2D eigenvalue weighted by Gasteiger charge is 2.32. The van der Waals surface area contributed by atoms with E-state index in [0.717, 1.165) is 29.5 Å². The Labute approximate surface area is 175 Å². The molecule has 8 nitrogen and oxygen atoms in total. The van der Waals surface area contributed by atoms with E-state index in [-0.39, 0.29) is 5.91 Å². The van der Waals surface area contributed by atoms with Gasteiger partial charge >= 0.3 is 11.8 Å². The third-order valence-electron chi connectivity index (χ3n) is 5.88. The molecule has 3 amide bonds. The van der Waals surface area contributed by atoms with Crippen molar-refractivity contribution >= 4 is 28.6 Å². The molecule has 2 aromatic rings. The number of likely N-dealkylation sites (tertiary alicyclic amines) is 1. The van der Waals surface area contributed by atoms with Gasteiger partial charge in [0.25, 0.3) is 5.91 Å². The summed E-state index contributed by atoms with van der Waals surface area (Å²) in [6.45, 7) is 4.66. The number of carbonyl (C=O) groups is 3. The smallest absolute Gasteiger partial charge is 0.312 e. The maximum atomic E-state index is 13.1. The van der Waals surface area contributed by atoms with Crippen LogP contribution in [0.25, 0.3) is 10.9 Å². The van der Waals surface area contributed by atoms with Gasteiger partial charge in [0.15, 0.2) is 0 Å². The molecule has 0 radical (unpaired) electrons. The minimum atomic E-state index is -0.457. The second kappa shape index (κ2) is 8.30. The molecular weight excluding hydrogens is 384 g/mol. The van der Waals surface area contributed by atoms with E-state index in [9.17, 15) is 14.4 Å². The zero-order valence-corrected chi connectivity index (χ0v) is 17.4. The first-order valence-electron chi connectivity index (χ1n) is 10.3. The molecule has 158 valence electrons. The SMILES string of the molecule is COc1ccc2cc(C(=O)N3CCN(C(=O)C(=O)N4CCCC4)CC3)c(C)nc2c1. The molecule has 2 aliphatic heterocycles. The fraction of sp³-hybridized carbons (Fsp3) is 0.455. The van der Waals surface area contributed by atoms with Crippen molar-refractivity contribution in [1.82, 2.24) is 19.7 Å². The number of aryl methyl sites for hydroxylation is 1. The second-order valence-corrected chi connectivity index (χ2v) is 7.76. The lowest BCUT2D eigenvalue weighted by Gasteiger charge is -2.35. The van der Waals surface area contributed by atoms with Crippen LogP contribution in [0.3, 0.4) is 0 Å². The summed E-state index contributed by atoms with van der Waals surface area (Å²) in [4.78, 5) is 47.4. The quantitative estimate of drug-likeness (QED) is 0.700. The van der Waals surface area contributed by atoms with Crippen molar-refractivity contribution in [2.24, 2.45) is 0 Å². The summed E-state index contributed by atoms with van der Waals surface area (Å²) < 4.78 is 5.24. The molecule has 2 fully saturated rings. The van der Waals surface area contributed by atoms with Crippen LogP contribution in [-0.4, -0.2) is 83.8 Å². The van der Waals surface area contributed by atoms with Crippen molar-refractivity contribution in [3.05, 3.63) is 35.5 Å². The van der Waals surface area contributed by atoms with Crippen molar-refractivity contribution < 1.29 is 19.1 Å². The predicted molar refractivity (Wildman–Crippen MR) is 111 cm³/mol. The fourth-order valence-electron chi connectivity index (χ4n) is 4.06. The maximum Gasteiger partial charge on any atom is 0.312 e. The van der Waals surface area contributed by atoms with Crippen molar-refractivity contribution in [1.29, 1.82) is 0 Å². The Morgan fingerprint density at radius 2 is 1.47 bits per heavy atom. The molecule has 2 aliphatic rings. The summed E-state index contributed by atoms with van der Waals surface area (Å²) in [7, 11) is 1.61. The highest BCUT2D eigenvalue weighted by atomic mass is 16.5. The third kappa shape index (κ3) is 3.81. The van der Waals surface area contributed by atoms with E-state index in [0.29, 0.717) is 50.5 Å². The van der Waals surface area contributed by atoms with Crippen LogP contribution < -0.4 is 4.74 Å². The number of rotatable bonds is 2. The lowest BCUT2D eigenvalue weighted by molar-refractivity contribution is -0.152. The normalized spacial score (nSPS) is 16.8. The van der Waals surface area contributed by atoms with Crippen LogP contribution >= 0.6 is 0 Å². The van der Waals surface area contributed by atoms with Crippen LogP contribution in [0.2, 0.25) is 0 Å². The molecule has 8 heteroatoms. The van der Waals surface area contributed by atoms with Crippen molar-refractivity contribution in [3.63, 3.8) is 0 Å². The molecule has 0 atom stereocenters. The average molecular weight is 410 g/mol. The van der Waals surface area contributed by atoms with Gasteiger partial charge in [0.2, 0.25) is 0 Å². The van der Waals surface area contributed by atoms with E-state index >= 15 is 0 Å². The molecule has 3 heterocycles. The van der Waals surface area contributed by atoms with Crippen LogP contribution in [0.15, 0.2) is 24.3 Å². The first kappa shape index (κ1) is 20.1. The van der Waals surface area contributed by atoms with Crippen molar-refractivity contribution in [2.45, 2.75) is 19.8 Å². The number of ether oxygens (including phenoxy) is 1. The first-order valence-corrected chi connectivity index (χ1v) is 10.3. The molecule has 4 rings (SSSR count). The van der Waals surface area contributed by atoms with Gasteiger partial charge in [-0.25, -0.2) is 0 Å². The standard InChI is InChI=1S/C22H26N4O4/c1-15-18(13-16-5-6-17(30-2)14-19(16)23-15)20(27)25-9-11-26(12-10-25)22(29)21(28)24-7-3-4-8-24/h5-6,13-14H,3-4,7-12H2,1-2H3. The number of aromatic nitrogens is 1. The summed E-state index contributed by atoms with van der Waals surface area (Å²) in [6.07, 6.45) is 1.90. The monoisotopic (exact) mass is 410 g/mol. The van der Waals surface area contributed by atoms with Crippen molar-refractivity contribution in [3.8, 4) is 5.75 Å². The number of pyridine rings is 1. The molecule has 0 saturated carbocycles. The van der Waals surface area contributed by atoms with Crippen LogP contribution in [0.4, 0.5) is 0 Å². The first-order chi connectivity index (χ1) is 14.5. The molecule has 0 unspecified atom stereocenters. The van der Waals surface area contributed by atoms with Gasteiger partial charge in [0, 0.05) is 50.7 Å². The molecule has 1 aromatic heterocycles. The number of nitrogens with zero attached hydrogens (tertiary/aromatic N) is 4. The van der Waals surface area contributed by atoms with Gasteiger partial charge in [-0.15, -0.1) is 0 Å². The second-order valence-electron chi connectivity index (χ2n) is 7.76. The zero-order valence-electron chi connectivity index (χ0n) is 17.4. The Balaban J connectivity index is 1.43. The van der Waals surface area contributed by atoms with Crippen LogP contribution in [0.1, 0.15) is 28.9 Å². The number of hydrogen-bond donors (Lipinski definition) is 0. The molecule has 0 N–H and O–H groups in total. The summed E-state index contributed by atoms with van der Waals surface area (Å²) in [5.74, 6) is -0.257. The van der Waals surface area contributed by atoms with Crippen LogP contribution in [0.5, 0.6) is 5.75 Å². The number of benzene rings is 1. The Morgan fingerprint density at radius 1 is 0.867 bits per heavy atom. The Morgan fingerprint density at radius 3 is 2.10 bits per heavy atom. The van der Waals surface area contributed by atoms with Gasteiger partial charge in [-0.1, -0.05) is 0 Å². The summed E-state index contributed by atoms with van der Waals surface area (Å²) in [5.41, 5.74) is 1.99. The number of amides is 3. The molecule has 1 aromatic carbocycles. The van der Waals surface area contributed by atoms with E-state index in [4.69, 9.17) is 4.74 Å². The summed E-state index contributed by atoms with van der Waals surface area (Å²) >= 11 is 0. The van der Waals surface area contributed by atoms with E-state index in [2.05, 4.69) is 4.98 Å². The van der Waals surface area contributed by atoms with E-state index in [1.165, 1.54) is 0 Å². The lowest BCUT2D eigenvalue weighted by atomic mass is 10.1. The average Bonchev–Trinajstić information content (AvgIpc) is 3.32. The molecule has 30 heavy (non-hydrogen) atoms. The van der Waals surface area contributed by atoms with E-state index in [1.54, 1.807) is 21.8 Å². The minimum absolute atomic E-state index is 0.101. The van der Waals surface area contributed by atoms with Crippen molar-refractivity contribution in [2.75, 3.05) is 46.4 Å². The van der Waals surface area contributed by atoms with Gasteiger partial charge in [-0.2, -0.15) is 0 Å². The van der Waals surface area contributed by atoms with Gasteiger partial charge < -0.3 is 19.4 Å². The Bertz CT molecular complexity index is 992. The highest BCUT2D eigenvalue weighted by Crippen LogP contribution is 2.23. The number of carbonyl (C=O) groups excluding carboxylic acids is 3. The number of fused-ring (bicyclic) bond motifs is 1. The van der Waals surface area contributed by atoms with Gasteiger partial charge in [0.05, 0.1) is 23.9 Å².